The van der Waals surface area contributed by atoms with E-state index < -0.39 is 0 Å². The van der Waals surface area contributed by atoms with Crippen LogP contribution in [0.4, 0.5) is 0 Å². The van der Waals surface area contributed by atoms with E-state index in [2.05, 4.69) is 29.8 Å². The van der Waals surface area contributed by atoms with Crippen molar-refractivity contribution in [2.75, 3.05) is 5.33 Å². The maximum atomic E-state index is 3.50. The highest BCUT2D eigenvalue weighted by atomic mass is 79.9. The molecule has 0 fully saturated rings. The third kappa shape index (κ3) is 22.5. The number of rotatable bonds is 19. The minimum atomic E-state index is 0.897. The molecule has 0 rings (SSSR count). The molecular formula is C22H45Br. The van der Waals surface area contributed by atoms with Crippen molar-refractivity contribution in [1.29, 1.82) is 0 Å². The summed E-state index contributed by atoms with van der Waals surface area (Å²) in [5.41, 5.74) is 0. The van der Waals surface area contributed by atoms with Gasteiger partial charge in [-0.2, -0.15) is 0 Å². The molecule has 0 aliphatic heterocycles. The molecule has 0 aromatic rings. The molecule has 0 aromatic carbocycles. The van der Waals surface area contributed by atoms with Crippen LogP contribution < -0.4 is 0 Å². The van der Waals surface area contributed by atoms with Gasteiger partial charge < -0.3 is 0 Å². The average Bonchev–Trinajstić information content (AvgIpc) is 2.53. The van der Waals surface area contributed by atoms with E-state index in [-0.39, 0.29) is 0 Å². The third-order valence-corrected chi connectivity index (χ3v) is 5.48. The van der Waals surface area contributed by atoms with E-state index in [1.165, 1.54) is 121 Å². The second-order valence-corrected chi connectivity index (χ2v) is 8.67. The highest BCUT2D eigenvalue weighted by Gasteiger charge is 1.96. The maximum absolute atomic E-state index is 3.50. The van der Waals surface area contributed by atoms with Crippen molar-refractivity contribution in [2.45, 2.75) is 129 Å². The summed E-state index contributed by atoms with van der Waals surface area (Å²) in [5.74, 6) is 0.897. The first-order valence-corrected chi connectivity index (χ1v) is 12.0. The zero-order valence-electron chi connectivity index (χ0n) is 16.4. The number of hydrogen-bond donors (Lipinski definition) is 0. The van der Waals surface area contributed by atoms with Crippen LogP contribution in [-0.2, 0) is 0 Å². The SMILES string of the molecule is CC(C)CCCCCCCCCCCCCCCCCCCBr. The van der Waals surface area contributed by atoms with Crippen LogP contribution in [0.1, 0.15) is 129 Å². The van der Waals surface area contributed by atoms with E-state index in [0.717, 1.165) is 5.92 Å². The predicted molar refractivity (Wildman–Crippen MR) is 112 cm³/mol. The largest absolute Gasteiger partial charge is 0.0928 e. The van der Waals surface area contributed by atoms with Crippen LogP contribution in [0.15, 0.2) is 0 Å². The fourth-order valence-corrected chi connectivity index (χ4v) is 3.70. The molecule has 0 atom stereocenters. The lowest BCUT2D eigenvalue weighted by Gasteiger charge is -2.05. The molecule has 0 radical (unpaired) electrons. The van der Waals surface area contributed by atoms with E-state index in [1.807, 2.05) is 0 Å². The van der Waals surface area contributed by atoms with Crippen molar-refractivity contribution in [3.8, 4) is 0 Å². The molecule has 0 aliphatic rings. The first-order chi connectivity index (χ1) is 11.3. The molecule has 23 heavy (non-hydrogen) atoms. The Morgan fingerprint density at radius 2 is 0.696 bits per heavy atom. The number of alkyl halides is 1. The van der Waals surface area contributed by atoms with Crippen molar-refractivity contribution >= 4 is 15.9 Å². The zero-order valence-corrected chi connectivity index (χ0v) is 18.0. The van der Waals surface area contributed by atoms with Gasteiger partial charge in [-0.05, 0) is 12.3 Å². The van der Waals surface area contributed by atoms with Gasteiger partial charge in [0.15, 0.2) is 0 Å². The Hall–Kier alpha value is 0.480. The molecule has 0 unspecified atom stereocenters. The molecule has 0 aromatic heterocycles. The average molecular weight is 390 g/mol. The van der Waals surface area contributed by atoms with Gasteiger partial charge in [0, 0.05) is 5.33 Å². The standard InChI is InChI=1S/C22H45Br/c1-22(2)20-18-16-14-12-10-8-6-4-3-5-7-9-11-13-15-17-19-21-23/h22H,3-21H2,1-2H3. The van der Waals surface area contributed by atoms with Crippen molar-refractivity contribution in [3.63, 3.8) is 0 Å². The summed E-state index contributed by atoms with van der Waals surface area (Å²) in [6, 6.07) is 0. The van der Waals surface area contributed by atoms with Crippen LogP contribution in [0.3, 0.4) is 0 Å². The summed E-state index contributed by atoms with van der Waals surface area (Å²) in [7, 11) is 0. The first kappa shape index (κ1) is 23.5. The van der Waals surface area contributed by atoms with E-state index in [9.17, 15) is 0 Å². The Morgan fingerprint density at radius 3 is 0.957 bits per heavy atom. The van der Waals surface area contributed by atoms with Gasteiger partial charge in [-0.1, -0.05) is 139 Å². The molecule has 0 saturated heterocycles. The van der Waals surface area contributed by atoms with Crippen LogP contribution in [-0.4, -0.2) is 5.33 Å². The molecule has 0 amide bonds. The Bertz CT molecular complexity index is 200. The Kier molecular flexibility index (Phi) is 21.0. The second kappa shape index (κ2) is 20.5. The fraction of sp³-hybridized carbons (Fsp3) is 1.00. The molecule has 0 aliphatic carbocycles. The number of unbranched alkanes of at least 4 members (excludes halogenated alkanes) is 16. The van der Waals surface area contributed by atoms with Gasteiger partial charge >= 0.3 is 0 Å². The number of halogens is 1. The zero-order chi connectivity index (χ0) is 17.0. The molecule has 0 spiro atoms. The fourth-order valence-electron chi connectivity index (χ4n) is 3.30. The summed E-state index contributed by atoms with van der Waals surface area (Å²) in [6.07, 6.45) is 26.3. The summed E-state index contributed by atoms with van der Waals surface area (Å²) < 4.78 is 0. The van der Waals surface area contributed by atoms with Crippen molar-refractivity contribution in [3.05, 3.63) is 0 Å². The molecule has 0 saturated carbocycles. The summed E-state index contributed by atoms with van der Waals surface area (Å²) in [4.78, 5) is 0. The molecule has 0 bridgehead atoms. The first-order valence-electron chi connectivity index (χ1n) is 10.8. The molecule has 0 nitrogen and oxygen atoms in total. The minimum absolute atomic E-state index is 0.897. The van der Waals surface area contributed by atoms with Gasteiger partial charge in [-0.3, -0.25) is 0 Å². The van der Waals surface area contributed by atoms with Gasteiger partial charge in [-0.15, -0.1) is 0 Å². The smallest absolute Gasteiger partial charge is 0.00313 e. The Morgan fingerprint density at radius 1 is 0.435 bits per heavy atom. The van der Waals surface area contributed by atoms with Crippen molar-refractivity contribution in [1.82, 2.24) is 0 Å². The van der Waals surface area contributed by atoms with Crippen molar-refractivity contribution < 1.29 is 0 Å². The summed E-state index contributed by atoms with van der Waals surface area (Å²) in [5, 5.41) is 1.19. The van der Waals surface area contributed by atoms with Gasteiger partial charge in [0.1, 0.15) is 0 Å². The third-order valence-electron chi connectivity index (χ3n) is 4.92. The predicted octanol–water partition coefficient (Wildman–Crippen LogP) is 9.06. The number of hydrogen-bond acceptors (Lipinski definition) is 0. The van der Waals surface area contributed by atoms with Gasteiger partial charge in [0.25, 0.3) is 0 Å². The highest BCUT2D eigenvalue weighted by Crippen LogP contribution is 2.15. The quantitative estimate of drug-likeness (QED) is 0.153. The van der Waals surface area contributed by atoms with E-state index in [1.54, 1.807) is 0 Å². The van der Waals surface area contributed by atoms with E-state index in [4.69, 9.17) is 0 Å². The molecule has 0 heterocycles. The minimum Gasteiger partial charge on any atom is -0.0928 e. The Labute approximate surface area is 156 Å². The topological polar surface area (TPSA) is 0 Å². The van der Waals surface area contributed by atoms with E-state index in [0.29, 0.717) is 0 Å². The van der Waals surface area contributed by atoms with E-state index >= 15 is 0 Å². The highest BCUT2D eigenvalue weighted by molar-refractivity contribution is 9.09. The molecule has 0 N–H and O–H groups in total. The van der Waals surface area contributed by atoms with Crippen LogP contribution in [0, 0.1) is 5.92 Å². The van der Waals surface area contributed by atoms with Crippen LogP contribution in [0.25, 0.3) is 0 Å². The lowest BCUT2D eigenvalue weighted by molar-refractivity contribution is 0.501. The van der Waals surface area contributed by atoms with Crippen LogP contribution in [0.2, 0.25) is 0 Å². The van der Waals surface area contributed by atoms with Crippen molar-refractivity contribution in [2.24, 2.45) is 5.92 Å². The summed E-state index contributed by atoms with van der Waals surface area (Å²) in [6.45, 7) is 4.68. The normalized spacial score (nSPS) is 11.5. The van der Waals surface area contributed by atoms with Crippen LogP contribution in [0.5, 0.6) is 0 Å². The maximum Gasteiger partial charge on any atom is 0.00313 e. The monoisotopic (exact) mass is 388 g/mol. The van der Waals surface area contributed by atoms with Gasteiger partial charge in [0.05, 0.1) is 0 Å². The molecule has 140 valence electrons. The lowest BCUT2D eigenvalue weighted by Crippen LogP contribution is -1.87. The Balaban J connectivity index is 2.95. The molecular weight excluding hydrogens is 344 g/mol. The van der Waals surface area contributed by atoms with Gasteiger partial charge in [-0.25, -0.2) is 0 Å². The lowest BCUT2D eigenvalue weighted by atomic mass is 10.0. The van der Waals surface area contributed by atoms with Crippen LogP contribution >= 0.6 is 15.9 Å². The summed E-state index contributed by atoms with van der Waals surface area (Å²) >= 11 is 3.50. The van der Waals surface area contributed by atoms with Gasteiger partial charge in [0.2, 0.25) is 0 Å². The second-order valence-electron chi connectivity index (χ2n) is 7.88. The molecule has 1 heteroatoms.